The summed E-state index contributed by atoms with van der Waals surface area (Å²) in [7, 11) is 3.42. The van der Waals surface area contributed by atoms with E-state index in [0.29, 0.717) is 25.5 Å². The summed E-state index contributed by atoms with van der Waals surface area (Å²) in [4.78, 5) is 18.3. The zero-order chi connectivity index (χ0) is 17.2. The summed E-state index contributed by atoms with van der Waals surface area (Å²) < 4.78 is 5.01. The van der Waals surface area contributed by atoms with Crippen LogP contribution in [-0.2, 0) is 16.0 Å². The highest BCUT2D eigenvalue weighted by Crippen LogP contribution is 2.17. The number of guanidine groups is 1. The number of amides is 1. The molecule has 0 aromatic heterocycles. The summed E-state index contributed by atoms with van der Waals surface area (Å²) in [6, 6.07) is 10.3. The maximum absolute atomic E-state index is 12.2. The van der Waals surface area contributed by atoms with Crippen molar-refractivity contribution in [1.82, 2.24) is 15.5 Å². The Hall–Kier alpha value is -2.08. The van der Waals surface area contributed by atoms with Crippen LogP contribution < -0.4 is 10.6 Å². The second-order valence-corrected chi connectivity index (χ2v) is 6.02. The van der Waals surface area contributed by atoms with Crippen LogP contribution in [0, 0.1) is 5.92 Å². The first-order chi connectivity index (χ1) is 11.7. The Morgan fingerprint density at radius 2 is 2.12 bits per heavy atom. The van der Waals surface area contributed by atoms with Gasteiger partial charge < -0.3 is 20.3 Å². The highest BCUT2D eigenvalue weighted by atomic mass is 16.5. The molecule has 1 fully saturated rings. The monoisotopic (exact) mass is 332 g/mol. The first-order valence-corrected chi connectivity index (χ1v) is 8.48. The summed E-state index contributed by atoms with van der Waals surface area (Å²) in [6.07, 6.45) is 1.52. The normalized spacial score (nSPS) is 18.1. The van der Waals surface area contributed by atoms with Gasteiger partial charge in [0, 0.05) is 52.7 Å². The number of benzene rings is 1. The molecule has 0 spiro atoms. The molecule has 0 aliphatic carbocycles. The number of carbonyl (C=O) groups is 1. The molecule has 132 valence electrons. The van der Waals surface area contributed by atoms with Gasteiger partial charge in [0.25, 0.3) is 0 Å². The number of likely N-dealkylation sites (tertiary alicyclic amines) is 1. The van der Waals surface area contributed by atoms with Crippen molar-refractivity contribution in [3.05, 3.63) is 35.9 Å². The van der Waals surface area contributed by atoms with Crippen molar-refractivity contribution >= 4 is 11.9 Å². The van der Waals surface area contributed by atoms with Crippen molar-refractivity contribution in [2.45, 2.75) is 12.8 Å². The van der Waals surface area contributed by atoms with Crippen LogP contribution in [0.5, 0.6) is 0 Å². The molecular weight excluding hydrogens is 304 g/mol. The summed E-state index contributed by atoms with van der Waals surface area (Å²) in [5.74, 6) is 1.33. The van der Waals surface area contributed by atoms with Gasteiger partial charge in [0.1, 0.15) is 0 Å². The predicted molar refractivity (Wildman–Crippen MR) is 96.1 cm³/mol. The van der Waals surface area contributed by atoms with Crippen molar-refractivity contribution in [2.24, 2.45) is 10.9 Å². The molecule has 0 bridgehead atoms. The van der Waals surface area contributed by atoms with Crippen molar-refractivity contribution in [3.63, 3.8) is 0 Å². The van der Waals surface area contributed by atoms with Gasteiger partial charge in [0.2, 0.25) is 5.91 Å². The summed E-state index contributed by atoms with van der Waals surface area (Å²) >= 11 is 0. The average Bonchev–Trinajstić information content (AvgIpc) is 2.97. The molecule has 24 heavy (non-hydrogen) atoms. The minimum Gasteiger partial charge on any atom is -0.383 e. The van der Waals surface area contributed by atoms with E-state index in [4.69, 9.17) is 4.74 Å². The Morgan fingerprint density at radius 3 is 2.83 bits per heavy atom. The second-order valence-electron chi connectivity index (χ2n) is 6.02. The number of ether oxygens (including phenoxy) is 1. The zero-order valence-electron chi connectivity index (χ0n) is 14.6. The Bertz CT molecular complexity index is 533. The van der Waals surface area contributed by atoms with E-state index in [-0.39, 0.29) is 5.91 Å². The van der Waals surface area contributed by atoms with E-state index in [0.717, 1.165) is 32.0 Å². The Balaban J connectivity index is 1.71. The van der Waals surface area contributed by atoms with Crippen molar-refractivity contribution in [1.29, 1.82) is 0 Å². The van der Waals surface area contributed by atoms with Crippen LogP contribution in [0.4, 0.5) is 0 Å². The third-order valence-electron chi connectivity index (χ3n) is 4.19. The second kappa shape index (κ2) is 9.93. The molecule has 6 nitrogen and oxygen atoms in total. The molecule has 0 saturated carbocycles. The van der Waals surface area contributed by atoms with Crippen molar-refractivity contribution < 1.29 is 9.53 Å². The molecule has 0 radical (unpaired) electrons. The van der Waals surface area contributed by atoms with E-state index in [2.05, 4.69) is 27.8 Å². The molecule has 1 aliphatic rings. The number of nitrogens with one attached hydrogen (secondary N) is 2. The third-order valence-corrected chi connectivity index (χ3v) is 4.19. The standard InChI is InChI=1S/C18H28N4O2/c1-19-18(20-9-11-24-2)21-13-16-12-17(23)22(14-16)10-8-15-6-4-3-5-7-15/h3-7,16H,8-14H2,1-2H3,(H2,19,20,21). The zero-order valence-corrected chi connectivity index (χ0v) is 14.6. The minimum absolute atomic E-state index is 0.250. The summed E-state index contributed by atoms with van der Waals surface area (Å²) in [6.45, 7) is 3.70. The molecular formula is C18H28N4O2. The highest BCUT2D eigenvalue weighted by Gasteiger charge is 2.29. The number of aliphatic imine (C=N–C) groups is 1. The lowest BCUT2D eigenvalue weighted by Gasteiger charge is -2.18. The van der Waals surface area contributed by atoms with Gasteiger partial charge in [-0.15, -0.1) is 0 Å². The van der Waals surface area contributed by atoms with Crippen LogP contribution >= 0.6 is 0 Å². The highest BCUT2D eigenvalue weighted by molar-refractivity contribution is 5.80. The fourth-order valence-corrected chi connectivity index (χ4v) is 2.85. The topological polar surface area (TPSA) is 66.0 Å². The maximum Gasteiger partial charge on any atom is 0.223 e. The Morgan fingerprint density at radius 1 is 1.33 bits per heavy atom. The molecule has 1 aromatic carbocycles. The predicted octanol–water partition coefficient (Wildman–Crippen LogP) is 0.889. The number of rotatable bonds is 8. The number of carbonyl (C=O) groups excluding carboxylic acids is 1. The fourth-order valence-electron chi connectivity index (χ4n) is 2.85. The van der Waals surface area contributed by atoms with Gasteiger partial charge >= 0.3 is 0 Å². The number of hydrogen-bond acceptors (Lipinski definition) is 3. The molecule has 1 unspecified atom stereocenters. The lowest BCUT2D eigenvalue weighted by Crippen LogP contribution is -2.41. The van der Waals surface area contributed by atoms with E-state index in [1.165, 1.54) is 5.56 Å². The first kappa shape index (κ1) is 18.3. The molecule has 1 heterocycles. The average molecular weight is 332 g/mol. The molecule has 2 rings (SSSR count). The van der Waals surface area contributed by atoms with E-state index in [1.54, 1.807) is 14.2 Å². The quantitative estimate of drug-likeness (QED) is 0.421. The molecule has 1 aliphatic heterocycles. The molecule has 1 amide bonds. The van der Waals surface area contributed by atoms with Gasteiger partial charge in [-0.05, 0) is 12.0 Å². The Kier molecular flexibility index (Phi) is 7.55. The third kappa shape index (κ3) is 5.85. The van der Waals surface area contributed by atoms with Gasteiger partial charge in [-0.1, -0.05) is 30.3 Å². The fraction of sp³-hybridized carbons (Fsp3) is 0.556. The summed E-state index contributed by atoms with van der Waals surface area (Å²) in [5.41, 5.74) is 1.27. The first-order valence-electron chi connectivity index (χ1n) is 8.48. The van der Waals surface area contributed by atoms with Crippen molar-refractivity contribution in [2.75, 3.05) is 46.9 Å². The van der Waals surface area contributed by atoms with Gasteiger partial charge in [-0.25, -0.2) is 0 Å². The van der Waals surface area contributed by atoms with Crippen LogP contribution in [-0.4, -0.2) is 63.7 Å². The van der Waals surface area contributed by atoms with Gasteiger partial charge in [0.05, 0.1) is 6.61 Å². The van der Waals surface area contributed by atoms with Crippen molar-refractivity contribution in [3.8, 4) is 0 Å². The van der Waals surface area contributed by atoms with Gasteiger partial charge in [0.15, 0.2) is 5.96 Å². The number of methoxy groups -OCH3 is 1. The van der Waals surface area contributed by atoms with Gasteiger partial charge in [-0.2, -0.15) is 0 Å². The molecule has 1 saturated heterocycles. The lowest BCUT2D eigenvalue weighted by atomic mass is 10.1. The lowest BCUT2D eigenvalue weighted by molar-refractivity contribution is -0.127. The smallest absolute Gasteiger partial charge is 0.223 e. The SMILES string of the molecule is CN=C(NCCOC)NCC1CC(=O)N(CCc2ccccc2)C1. The van der Waals surface area contributed by atoms with Crippen LogP contribution in [0.1, 0.15) is 12.0 Å². The molecule has 1 atom stereocenters. The Labute approximate surface area is 144 Å². The summed E-state index contributed by atoms with van der Waals surface area (Å²) in [5, 5.41) is 6.47. The van der Waals surface area contributed by atoms with E-state index < -0.39 is 0 Å². The van der Waals surface area contributed by atoms with Crippen LogP contribution in [0.3, 0.4) is 0 Å². The number of nitrogens with zero attached hydrogens (tertiary/aromatic N) is 2. The molecule has 2 N–H and O–H groups in total. The van der Waals surface area contributed by atoms with Crippen LogP contribution in [0.15, 0.2) is 35.3 Å². The minimum atomic E-state index is 0.250. The molecule has 6 heteroatoms. The van der Waals surface area contributed by atoms with E-state index >= 15 is 0 Å². The van der Waals surface area contributed by atoms with Gasteiger partial charge in [-0.3, -0.25) is 9.79 Å². The number of hydrogen-bond donors (Lipinski definition) is 2. The molecule has 1 aromatic rings. The van der Waals surface area contributed by atoms with E-state index in [9.17, 15) is 4.79 Å². The van der Waals surface area contributed by atoms with Crippen LogP contribution in [0.2, 0.25) is 0 Å². The maximum atomic E-state index is 12.2. The van der Waals surface area contributed by atoms with Crippen LogP contribution in [0.25, 0.3) is 0 Å². The largest absolute Gasteiger partial charge is 0.383 e. The van der Waals surface area contributed by atoms with E-state index in [1.807, 2.05) is 23.1 Å².